The first-order chi connectivity index (χ1) is 9.31. The van der Waals surface area contributed by atoms with E-state index in [1.807, 2.05) is 27.7 Å². The van der Waals surface area contributed by atoms with Crippen LogP contribution in [0.5, 0.6) is 0 Å². The van der Waals surface area contributed by atoms with E-state index >= 15 is 0 Å². The fourth-order valence-electron chi connectivity index (χ4n) is 2.17. The highest BCUT2D eigenvalue weighted by molar-refractivity contribution is 6.08. The van der Waals surface area contributed by atoms with Gasteiger partial charge in [0, 0.05) is 5.41 Å². The molecule has 0 aromatic carbocycles. The van der Waals surface area contributed by atoms with Gasteiger partial charge in [0.15, 0.2) is 17.3 Å². The molecule has 0 spiro atoms. The molecule has 0 bridgehead atoms. The predicted molar refractivity (Wildman–Crippen MR) is 73.5 cm³/mol. The van der Waals surface area contributed by atoms with Crippen LogP contribution in [0.15, 0.2) is 15.9 Å². The van der Waals surface area contributed by atoms with Gasteiger partial charge in [-0.3, -0.25) is 9.69 Å². The van der Waals surface area contributed by atoms with Crippen molar-refractivity contribution in [2.75, 3.05) is 18.6 Å². The zero-order valence-electron chi connectivity index (χ0n) is 12.3. The molecule has 20 heavy (non-hydrogen) atoms. The molecule has 0 saturated heterocycles. The Morgan fingerprint density at radius 3 is 2.55 bits per heavy atom. The summed E-state index contributed by atoms with van der Waals surface area (Å²) in [5.74, 6) is 0.769. The molecule has 6 heteroatoms. The molecule has 6 nitrogen and oxygen atoms in total. The maximum atomic E-state index is 12.2. The third kappa shape index (κ3) is 2.05. The van der Waals surface area contributed by atoms with Crippen molar-refractivity contribution in [3.05, 3.63) is 28.5 Å². The number of ether oxygens (including phenoxy) is 1. The number of hydrogen-bond donors (Lipinski definition) is 0. The Bertz CT molecular complexity index is 629. The minimum Gasteiger partial charge on any atom is -0.491 e. The van der Waals surface area contributed by atoms with Crippen LogP contribution in [-0.2, 0) is 14.9 Å². The average Bonchev–Trinajstić information content (AvgIpc) is 2.89. The second-order valence-electron chi connectivity index (χ2n) is 5.75. The fraction of sp³-hybridized carbons (Fsp3) is 0.500. The van der Waals surface area contributed by atoms with Gasteiger partial charge in [0.1, 0.15) is 0 Å². The topological polar surface area (TPSA) is 59.9 Å². The van der Waals surface area contributed by atoms with E-state index in [-0.39, 0.29) is 22.8 Å². The van der Waals surface area contributed by atoms with Gasteiger partial charge in [-0.25, -0.2) is 4.85 Å². The lowest BCUT2D eigenvalue weighted by molar-refractivity contribution is -0.117. The van der Waals surface area contributed by atoms with Crippen molar-refractivity contribution < 1.29 is 14.1 Å². The average molecular weight is 275 g/mol. The number of amides is 1. The van der Waals surface area contributed by atoms with E-state index in [0.29, 0.717) is 18.1 Å². The molecule has 0 atom stereocenters. The summed E-state index contributed by atoms with van der Waals surface area (Å²) < 4.78 is 10.4. The second kappa shape index (κ2) is 4.67. The molecule has 0 radical (unpaired) electrons. The van der Waals surface area contributed by atoms with Gasteiger partial charge >= 0.3 is 0 Å². The van der Waals surface area contributed by atoms with Crippen LogP contribution in [0.3, 0.4) is 0 Å². The molecule has 2 heterocycles. The van der Waals surface area contributed by atoms with Gasteiger partial charge in [0.2, 0.25) is 0 Å². The first kappa shape index (κ1) is 14.1. The van der Waals surface area contributed by atoms with Crippen LogP contribution in [-0.4, -0.2) is 24.7 Å². The smallest absolute Gasteiger partial charge is 0.293 e. The van der Waals surface area contributed by atoms with Crippen molar-refractivity contribution in [1.82, 2.24) is 5.16 Å². The SMILES string of the molecule is [C-]#[N+]c1c(N2CC(C)=C(OC)C2=O)noc1C(C)(C)C. The van der Waals surface area contributed by atoms with Crippen LogP contribution in [0.2, 0.25) is 0 Å². The summed E-state index contributed by atoms with van der Waals surface area (Å²) in [6, 6.07) is 0. The molecular weight excluding hydrogens is 258 g/mol. The number of carbonyl (C=O) groups is 1. The zero-order valence-corrected chi connectivity index (χ0v) is 12.3. The normalized spacial score (nSPS) is 15.8. The Labute approximate surface area is 117 Å². The van der Waals surface area contributed by atoms with E-state index in [9.17, 15) is 4.79 Å². The highest BCUT2D eigenvalue weighted by Crippen LogP contribution is 2.40. The zero-order chi connectivity index (χ0) is 15.1. The van der Waals surface area contributed by atoms with Crippen LogP contribution in [0.25, 0.3) is 4.85 Å². The molecule has 1 aromatic rings. The van der Waals surface area contributed by atoms with E-state index in [2.05, 4.69) is 10.0 Å². The van der Waals surface area contributed by atoms with E-state index in [4.69, 9.17) is 15.8 Å². The molecule has 0 N–H and O–H groups in total. The van der Waals surface area contributed by atoms with Crippen LogP contribution in [0, 0.1) is 6.57 Å². The Morgan fingerprint density at radius 2 is 2.10 bits per heavy atom. The Balaban J connectivity index is 2.45. The minimum atomic E-state index is -0.347. The first-order valence-corrected chi connectivity index (χ1v) is 6.24. The van der Waals surface area contributed by atoms with Crippen LogP contribution in [0.4, 0.5) is 11.5 Å². The number of methoxy groups -OCH3 is 1. The van der Waals surface area contributed by atoms with Crippen molar-refractivity contribution in [1.29, 1.82) is 0 Å². The summed E-state index contributed by atoms with van der Waals surface area (Å²) in [6.07, 6.45) is 0. The lowest BCUT2D eigenvalue weighted by atomic mass is 9.92. The summed E-state index contributed by atoms with van der Waals surface area (Å²) in [7, 11) is 1.46. The Morgan fingerprint density at radius 1 is 1.45 bits per heavy atom. The molecule has 106 valence electrons. The van der Waals surface area contributed by atoms with Crippen LogP contribution < -0.4 is 4.90 Å². The van der Waals surface area contributed by atoms with E-state index in [1.165, 1.54) is 12.0 Å². The lowest BCUT2D eigenvalue weighted by Crippen LogP contribution is -2.27. The highest BCUT2D eigenvalue weighted by atomic mass is 16.5. The number of aromatic nitrogens is 1. The van der Waals surface area contributed by atoms with Crippen molar-refractivity contribution in [3.8, 4) is 0 Å². The largest absolute Gasteiger partial charge is 0.491 e. The first-order valence-electron chi connectivity index (χ1n) is 6.24. The van der Waals surface area contributed by atoms with E-state index < -0.39 is 0 Å². The second-order valence-corrected chi connectivity index (χ2v) is 5.75. The summed E-state index contributed by atoms with van der Waals surface area (Å²) in [4.78, 5) is 17.1. The maximum absolute atomic E-state index is 12.2. The van der Waals surface area contributed by atoms with Gasteiger partial charge in [-0.15, -0.1) is 0 Å². The van der Waals surface area contributed by atoms with Crippen molar-refractivity contribution in [3.63, 3.8) is 0 Å². The number of rotatable bonds is 2. The third-order valence-electron chi connectivity index (χ3n) is 3.13. The molecule has 0 saturated carbocycles. The summed E-state index contributed by atoms with van der Waals surface area (Å²) in [5.41, 5.74) is 0.755. The van der Waals surface area contributed by atoms with Gasteiger partial charge in [-0.1, -0.05) is 25.9 Å². The molecular formula is C14H17N3O3. The molecule has 0 fully saturated rings. The predicted octanol–water partition coefficient (Wildman–Crippen LogP) is 2.79. The van der Waals surface area contributed by atoms with Gasteiger partial charge in [-0.2, -0.15) is 0 Å². The number of carbonyl (C=O) groups excluding carboxylic acids is 1. The van der Waals surface area contributed by atoms with Gasteiger partial charge < -0.3 is 9.26 Å². The summed E-state index contributed by atoms with van der Waals surface area (Å²) >= 11 is 0. The minimum absolute atomic E-state index is 0.265. The highest BCUT2D eigenvalue weighted by Gasteiger charge is 2.36. The maximum Gasteiger partial charge on any atom is 0.293 e. The Hall–Kier alpha value is -2.29. The summed E-state index contributed by atoms with van der Waals surface area (Å²) in [5, 5.41) is 3.92. The van der Waals surface area contributed by atoms with Gasteiger partial charge in [-0.05, 0) is 12.5 Å². The third-order valence-corrected chi connectivity index (χ3v) is 3.13. The standard InChI is InChI=1S/C14H17N3O3/c1-8-7-17(13(18)10(8)19-6)12-9(15-5)11(20-16-12)14(2,3)4/h7H2,1-4,6H3. The summed E-state index contributed by atoms with van der Waals surface area (Å²) in [6.45, 7) is 15.3. The number of hydrogen-bond acceptors (Lipinski definition) is 4. The molecule has 0 unspecified atom stereocenters. The number of anilines is 1. The van der Waals surface area contributed by atoms with Crippen LogP contribution >= 0.6 is 0 Å². The van der Waals surface area contributed by atoms with E-state index in [0.717, 1.165) is 5.57 Å². The van der Waals surface area contributed by atoms with Crippen molar-refractivity contribution >= 4 is 17.4 Å². The molecule has 1 aliphatic rings. The molecule has 2 rings (SSSR count). The monoisotopic (exact) mass is 275 g/mol. The number of nitrogens with zero attached hydrogens (tertiary/aromatic N) is 3. The quantitative estimate of drug-likeness (QED) is 0.779. The van der Waals surface area contributed by atoms with Gasteiger partial charge in [0.25, 0.3) is 11.6 Å². The van der Waals surface area contributed by atoms with Crippen molar-refractivity contribution in [2.45, 2.75) is 33.1 Å². The van der Waals surface area contributed by atoms with Gasteiger partial charge in [0.05, 0.1) is 20.2 Å². The Kier molecular flexibility index (Phi) is 3.30. The van der Waals surface area contributed by atoms with Crippen LogP contribution in [0.1, 0.15) is 33.5 Å². The van der Waals surface area contributed by atoms with Crippen molar-refractivity contribution in [2.24, 2.45) is 0 Å². The molecule has 1 amide bonds. The molecule has 1 aliphatic heterocycles. The lowest BCUT2D eigenvalue weighted by Gasteiger charge is -2.15. The molecule has 0 aliphatic carbocycles. The fourth-order valence-corrected chi connectivity index (χ4v) is 2.17. The molecule has 1 aromatic heterocycles. The van der Waals surface area contributed by atoms with E-state index in [1.54, 1.807) is 0 Å².